The van der Waals surface area contributed by atoms with Crippen molar-refractivity contribution in [3.05, 3.63) is 48.6 Å². The van der Waals surface area contributed by atoms with E-state index in [4.69, 9.17) is 4.74 Å². The van der Waals surface area contributed by atoms with Gasteiger partial charge < -0.3 is 20.3 Å². The molecule has 0 aliphatic carbocycles. The Morgan fingerprint density at radius 3 is 0.963 bits per heavy atom. The molecule has 3 N–H and O–H groups in total. The van der Waals surface area contributed by atoms with Crippen LogP contribution in [0.4, 0.5) is 0 Å². The Hall–Kier alpha value is -2.18. The van der Waals surface area contributed by atoms with Crippen LogP contribution >= 0.6 is 0 Å². The molecular weight excluding hydrogens is 995 g/mol. The van der Waals surface area contributed by atoms with E-state index in [-0.39, 0.29) is 18.5 Å². The van der Waals surface area contributed by atoms with E-state index < -0.39 is 12.1 Å². The number of hydrogen-bond acceptors (Lipinski definition) is 5. The normalized spacial score (nSPS) is 12.8. The van der Waals surface area contributed by atoms with Gasteiger partial charge in [-0.1, -0.05) is 339 Å². The van der Waals surface area contributed by atoms with Gasteiger partial charge in [0.25, 0.3) is 0 Å². The number of aliphatic hydroxyl groups is 2. The average molecular weight is 1140 g/mol. The van der Waals surface area contributed by atoms with Crippen LogP contribution in [0, 0.1) is 0 Å². The first-order valence-corrected chi connectivity index (χ1v) is 36.4. The third-order valence-corrected chi connectivity index (χ3v) is 16.8. The number of hydrogen-bond donors (Lipinski definition) is 3. The zero-order valence-corrected chi connectivity index (χ0v) is 54.5. The highest BCUT2D eigenvalue weighted by Gasteiger charge is 2.18. The van der Waals surface area contributed by atoms with Crippen molar-refractivity contribution >= 4 is 11.9 Å². The SMILES string of the molecule is CCCCCC/C=C\C/C=C\CCCCCCCCCC(=O)OCCCCCCCCCCCCCC/C=C\CCCCCCCCCCCC(=O)NC(CO)C(O)/C=C/CCCCCCCCCCCCCCCCCCCCC. The van der Waals surface area contributed by atoms with Crippen LogP contribution in [-0.4, -0.2) is 47.4 Å². The van der Waals surface area contributed by atoms with Crippen LogP contribution in [0.25, 0.3) is 0 Å². The number of rotatable bonds is 68. The number of aliphatic hydroxyl groups excluding tert-OH is 2. The largest absolute Gasteiger partial charge is 0.466 e. The van der Waals surface area contributed by atoms with Gasteiger partial charge in [-0.3, -0.25) is 9.59 Å². The molecule has 2 unspecified atom stereocenters. The molecule has 0 aromatic rings. The molecular formula is C75H141NO5. The van der Waals surface area contributed by atoms with Crippen molar-refractivity contribution in [3.63, 3.8) is 0 Å². The van der Waals surface area contributed by atoms with Gasteiger partial charge in [0.05, 0.1) is 25.4 Å². The van der Waals surface area contributed by atoms with E-state index in [0.717, 1.165) is 51.4 Å². The van der Waals surface area contributed by atoms with E-state index >= 15 is 0 Å². The second-order valence-electron chi connectivity index (χ2n) is 24.9. The minimum Gasteiger partial charge on any atom is -0.466 e. The molecule has 0 saturated carbocycles. The van der Waals surface area contributed by atoms with Crippen molar-refractivity contribution in [1.29, 1.82) is 0 Å². The molecule has 0 bridgehead atoms. The highest BCUT2D eigenvalue weighted by molar-refractivity contribution is 5.76. The Bertz CT molecular complexity index is 1360. The predicted molar refractivity (Wildman–Crippen MR) is 356 cm³/mol. The Labute approximate surface area is 506 Å². The Balaban J connectivity index is 3.42. The summed E-state index contributed by atoms with van der Waals surface area (Å²) in [5.74, 6) is -0.0619. The van der Waals surface area contributed by atoms with Crippen molar-refractivity contribution in [2.45, 2.75) is 405 Å². The summed E-state index contributed by atoms with van der Waals surface area (Å²) in [4.78, 5) is 24.6. The summed E-state index contributed by atoms with van der Waals surface area (Å²) >= 11 is 0. The highest BCUT2D eigenvalue weighted by Crippen LogP contribution is 2.18. The number of carbonyl (C=O) groups excluding carboxylic acids is 2. The Kier molecular flexibility index (Phi) is 68.4. The van der Waals surface area contributed by atoms with Gasteiger partial charge in [0.2, 0.25) is 5.91 Å². The maximum atomic E-state index is 12.5. The first kappa shape index (κ1) is 78.8. The number of nitrogens with one attached hydrogen (secondary N) is 1. The molecule has 0 fully saturated rings. The lowest BCUT2D eigenvalue weighted by Crippen LogP contribution is -2.45. The van der Waals surface area contributed by atoms with Crippen molar-refractivity contribution in [2.75, 3.05) is 13.2 Å². The lowest BCUT2D eigenvalue weighted by Gasteiger charge is -2.20. The van der Waals surface area contributed by atoms with Gasteiger partial charge in [0.1, 0.15) is 0 Å². The fraction of sp³-hybridized carbons (Fsp3) is 0.867. The quantitative estimate of drug-likeness (QED) is 0.0320. The number of carbonyl (C=O) groups is 2. The molecule has 2 atom stereocenters. The molecule has 0 spiro atoms. The van der Waals surface area contributed by atoms with E-state index in [9.17, 15) is 19.8 Å². The lowest BCUT2D eigenvalue weighted by molar-refractivity contribution is -0.143. The molecule has 81 heavy (non-hydrogen) atoms. The molecule has 0 radical (unpaired) electrons. The molecule has 0 aliphatic heterocycles. The monoisotopic (exact) mass is 1140 g/mol. The van der Waals surface area contributed by atoms with Crippen LogP contribution in [0.2, 0.25) is 0 Å². The van der Waals surface area contributed by atoms with Crippen LogP contribution in [0.3, 0.4) is 0 Å². The molecule has 1 amide bonds. The third-order valence-electron chi connectivity index (χ3n) is 16.8. The molecule has 6 heteroatoms. The molecule has 0 aromatic heterocycles. The second-order valence-corrected chi connectivity index (χ2v) is 24.9. The molecule has 0 rings (SSSR count). The molecule has 0 heterocycles. The summed E-state index contributed by atoms with van der Waals surface area (Å²) < 4.78 is 5.50. The van der Waals surface area contributed by atoms with Crippen molar-refractivity contribution in [2.24, 2.45) is 0 Å². The molecule has 0 aliphatic rings. The van der Waals surface area contributed by atoms with Gasteiger partial charge in [-0.15, -0.1) is 0 Å². The van der Waals surface area contributed by atoms with Gasteiger partial charge in [0.15, 0.2) is 0 Å². The molecule has 0 aromatic carbocycles. The first-order valence-electron chi connectivity index (χ1n) is 36.4. The van der Waals surface area contributed by atoms with Crippen molar-refractivity contribution in [3.8, 4) is 0 Å². The maximum absolute atomic E-state index is 12.5. The van der Waals surface area contributed by atoms with Gasteiger partial charge in [-0.2, -0.15) is 0 Å². The predicted octanol–water partition coefficient (Wildman–Crippen LogP) is 23.6. The van der Waals surface area contributed by atoms with Gasteiger partial charge in [-0.25, -0.2) is 0 Å². The zero-order valence-electron chi connectivity index (χ0n) is 54.5. The Morgan fingerprint density at radius 1 is 0.346 bits per heavy atom. The number of unbranched alkanes of at least 4 members (excludes halogenated alkanes) is 51. The van der Waals surface area contributed by atoms with Crippen LogP contribution < -0.4 is 5.32 Å². The van der Waals surface area contributed by atoms with Crippen LogP contribution in [0.5, 0.6) is 0 Å². The Morgan fingerprint density at radius 2 is 0.617 bits per heavy atom. The molecule has 6 nitrogen and oxygen atoms in total. The number of ether oxygens (including phenoxy) is 1. The van der Waals surface area contributed by atoms with E-state index in [1.54, 1.807) is 6.08 Å². The summed E-state index contributed by atoms with van der Waals surface area (Å²) in [5, 5.41) is 23.3. The van der Waals surface area contributed by atoms with E-state index in [1.165, 1.54) is 315 Å². The van der Waals surface area contributed by atoms with Crippen molar-refractivity contribution in [1.82, 2.24) is 5.32 Å². The fourth-order valence-corrected chi connectivity index (χ4v) is 11.3. The number of allylic oxidation sites excluding steroid dienone is 7. The first-order chi connectivity index (χ1) is 40.0. The fourth-order valence-electron chi connectivity index (χ4n) is 11.3. The molecule has 0 saturated heterocycles. The van der Waals surface area contributed by atoms with Gasteiger partial charge >= 0.3 is 5.97 Å². The minimum absolute atomic E-state index is 0.00602. The summed E-state index contributed by atoms with van der Waals surface area (Å²) in [6, 6.07) is -0.632. The van der Waals surface area contributed by atoms with Gasteiger partial charge in [0, 0.05) is 12.8 Å². The summed E-state index contributed by atoms with van der Waals surface area (Å²) in [7, 11) is 0. The van der Waals surface area contributed by atoms with E-state index in [0.29, 0.717) is 19.4 Å². The van der Waals surface area contributed by atoms with E-state index in [2.05, 4.69) is 55.6 Å². The maximum Gasteiger partial charge on any atom is 0.305 e. The van der Waals surface area contributed by atoms with Crippen molar-refractivity contribution < 1.29 is 24.5 Å². The van der Waals surface area contributed by atoms with E-state index in [1.807, 2.05) is 6.08 Å². The van der Waals surface area contributed by atoms with Crippen LogP contribution in [0.15, 0.2) is 48.6 Å². The highest BCUT2D eigenvalue weighted by atomic mass is 16.5. The van der Waals surface area contributed by atoms with Crippen LogP contribution in [-0.2, 0) is 14.3 Å². The topological polar surface area (TPSA) is 95.9 Å². The summed E-state index contributed by atoms with van der Waals surface area (Å²) in [6.07, 6.45) is 91.9. The van der Waals surface area contributed by atoms with Crippen LogP contribution in [0.1, 0.15) is 393 Å². The zero-order chi connectivity index (χ0) is 58.5. The summed E-state index contributed by atoms with van der Waals surface area (Å²) in [6.45, 7) is 4.91. The standard InChI is InChI=1S/C75H141NO5/c1-3-5-7-9-11-13-15-17-19-21-23-29-32-35-39-43-47-51-55-59-63-67-73(78)72(71-77)76-74(79)68-64-60-56-52-48-44-40-36-33-30-27-25-24-26-28-31-34-38-42-46-50-54-58-62-66-70-81-75(80)69-65-61-57-53-49-45-41-37-22-20-18-16-14-12-10-8-6-4-2/h14,16,20,22,25,27,63,67,72-73,77-78H,3-13,15,17-19,21,23-24,26,28-62,64-66,68-71H2,1-2H3,(H,76,79)/b16-14-,22-20-,27-25-,67-63+. The van der Waals surface area contributed by atoms with Gasteiger partial charge in [-0.05, 0) is 89.9 Å². The second kappa shape index (κ2) is 70.3. The molecule has 476 valence electrons. The third kappa shape index (κ3) is 66.8. The summed E-state index contributed by atoms with van der Waals surface area (Å²) in [5.41, 5.74) is 0. The lowest BCUT2D eigenvalue weighted by atomic mass is 10.0. The minimum atomic E-state index is -0.848. The number of amides is 1. The average Bonchev–Trinajstić information content (AvgIpc) is 3.47. The number of esters is 1. The smallest absolute Gasteiger partial charge is 0.305 e.